The molecule has 0 saturated heterocycles. The number of rotatable bonds is 10. The number of hydrogen-bond acceptors (Lipinski definition) is 9. The third kappa shape index (κ3) is 6.38. The second kappa shape index (κ2) is 9.79. The summed E-state index contributed by atoms with van der Waals surface area (Å²) in [5.41, 5.74) is 11.0. The van der Waals surface area contributed by atoms with Crippen molar-refractivity contribution in [1.29, 1.82) is 0 Å². The Morgan fingerprint density at radius 2 is 2.00 bits per heavy atom. The molecule has 1 rings (SSSR count). The average Bonchev–Trinajstić information content (AvgIpc) is 3.01. The number of amides is 3. The highest BCUT2D eigenvalue weighted by Crippen LogP contribution is 2.17. The molecule has 0 bridgehead atoms. The van der Waals surface area contributed by atoms with Crippen LogP contribution in [0.5, 0.6) is 0 Å². The Bertz CT molecular complexity index is 633. The fourth-order valence-electron chi connectivity index (χ4n) is 2.10. The molecule has 1 unspecified atom stereocenters. The molecule has 1 heterocycles. The van der Waals surface area contributed by atoms with Crippen LogP contribution in [0.25, 0.3) is 0 Å². The minimum absolute atomic E-state index is 0.0862. The van der Waals surface area contributed by atoms with E-state index in [1.165, 1.54) is 21.0 Å². The molecule has 7 N–H and O–H groups in total. The molecule has 0 saturated carbocycles. The van der Waals surface area contributed by atoms with Gasteiger partial charge in [0.1, 0.15) is 12.1 Å². The van der Waals surface area contributed by atoms with Gasteiger partial charge in [0.2, 0.25) is 11.8 Å². The van der Waals surface area contributed by atoms with Gasteiger partial charge in [-0.05, 0) is 13.8 Å². The monoisotopic (exact) mass is 372 g/mol. The first-order valence-corrected chi connectivity index (χ1v) is 7.77. The number of ketones is 1. The summed E-state index contributed by atoms with van der Waals surface area (Å²) >= 11 is 0. The van der Waals surface area contributed by atoms with Gasteiger partial charge in [0, 0.05) is 7.11 Å². The molecule has 0 spiro atoms. The SMILES string of the molecule is COC[C@H](N)c1noc([C@H](CC(N)=O)NC(=O)N[C@H](C(C)=O)C(C)O)n1. The number of Topliss-reactive ketones (excluding diaryl/α,β-unsaturated/α-hetero) is 1. The van der Waals surface area contributed by atoms with Crippen molar-refractivity contribution in [3.8, 4) is 0 Å². The van der Waals surface area contributed by atoms with Crippen molar-refractivity contribution in [2.45, 2.75) is 44.5 Å². The highest BCUT2D eigenvalue weighted by Gasteiger charge is 2.27. The number of nitrogens with one attached hydrogen (secondary N) is 2. The van der Waals surface area contributed by atoms with Crippen molar-refractivity contribution < 1.29 is 28.8 Å². The zero-order chi connectivity index (χ0) is 19.9. The minimum Gasteiger partial charge on any atom is -0.391 e. The zero-order valence-corrected chi connectivity index (χ0v) is 14.8. The summed E-state index contributed by atoms with van der Waals surface area (Å²) in [6.45, 7) is 2.72. The maximum Gasteiger partial charge on any atom is 0.316 e. The van der Waals surface area contributed by atoms with Crippen molar-refractivity contribution >= 4 is 17.7 Å². The Morgan fingerprint density at radius 1 is 1.35 bits per heavy atom. The van der Waals surface area contributed by atoms with Gasteiger partial charge >= 0.3 is 6.03 Å². The van der Waals surface area contributed by atoms with E-state index in [0.717, 1.165) is 0 Å². The molecule has 4 atom stereocenters. The van der Waals surface area contributed by atoms with Gasteiger partial charge in [-0.1, -0.05) is 5.16 Å². The lowest BCUT2D eigenvalue weighted by Gasteiger charge is -2.20. The number of aliphatic hydroxyl groups excluding tert-OH is 1. The highest BCUT2D eigenvalue weighted by molar-refractivity contribution is 5.87. The number of carbonyl (C=O) groups excluding carboxylic acids is 3. The first kappa shape index (κ1) is 21.5. The number of hydrogen-bond donors (Lipinski definition) is 5. The molecule has 12 heteroatoms. The number of nitrogens with zero attached hydrogens (tertiary/aromatic N) is 2. The first-order valence-electron chi connectivity index (χ1n) is 7.77. The smallest absolute Gasteiger partial charge is 0.316 e. The normalized spacial score (nSPS) is 15.6. The summed E-state index contributed by atoms with van der Waals surface area (Å²) in [7, 11) is 1.45. The fraction of sp³-hybridized carbons (Fsp3) is 0.643. The first-order chi connectivity index (χ1) is 12.1. The number of ether oxygens (including phenoxy) is 1. The van der Waals surface area contributed by atoms with Gasteiger partial charge in [0.05, 0.1) is 25.2 Å². The van der Waals surface area contributed by atoms with E-state index in [1.54, 1.807) is 0 Å². The van der Waals surface area contributed by atoms with E-state index >= 15 is 0 Å². The number of carbonyl (C=O) groups is 3. The van der Waals surface area contributed by atoms with Crippen LogP contribution in [-0.4, -0.2) is 58.8 Å². The molecule has 0 aliphatic rings. The van der Waals surface area contributed by atoms with Gasteiger partial charge in [-0.3, -0.25) is 9.59 Å². The van der Waals surface area contributed by atoms with Gasteiger partial charge < -0.3 is 36.5 Å². The fourth-order valence-corrected chi connectivity index (χ4v) is 2.10. The number of aliphatic hydroxyl groups is 1. The molecule has 0 fully saturated rings. The van der Waals surface area contributed by atoms with E-state index in [0.29, 0.717) is 0 Å². The Kier molecular flexibility index (Phi) is 8.09. The largest absolute Gasteiger partial charge is 0.391 e. The van der Waals surface area contributed by atoms with E-state index in [2.05, 4.69) is 20.8 Å². The lowest BCUT2D eigenvalue weighted by Crippen LogP contribution is -2.51. The molecule has 12 nitrogen and oxygen atoms in total. The van der Waals surface area contributed by atoms with E-state index in [-0.39, 0.29) is 24.7 Å². The van der Waals surface area contributed by atoms with Crippen LogP contribution in [0.4, 0.5) is 4.79 Å². The zero-order valence-electron chi connectivity index (χ0n) is 14.8. The van der Waals surface area contributed by atoms with Crippen LogP contribution in [0.3, 0.4) is 0 Å². The van der Waals surface area contributed by atoms with Crippen molar-refractivity contribution in [2.24, 2.45) is 11.5 Å². The van der Waals surface area contributed by atoms with Crippen LogP contribution in [0, 0.1) is 0 Å². The third-order valence-electron chi connectivity index (χ3n) is 3.35. The molecule has 0 aliphatic carbocycles. The minimum atomic E-state index is -1.11. The van der Waals surface area contributed by atoms with Gasteiger partial charge in [-0.15, -0.1) is 0 Å². The second-order valence-corrected chi connectivity index (χ2v) is 5.72. The van der Waals surface area contributed by atoms with E-state index < -0.39 is 42.0 Å². The molecule has 0 aromatic carbocycles. The Labute approximate surface area is 149 Å². The number of methoxy groups -OCH3 is 1. The maximum absolute atomic E-state index is 12.1. The molecule has 3 amide bonds. The van der Waals surface area contributed by atoms with Gasteiger partial charge in [-0.2, -0.15) is 4.98 Å². The van der Waals surface area contributed by atoms with Gasteiger partial charge in [-0.25, -0.2) is 4.79 Å². The number of primary amides is 1. The lowest BCUT2D eigenvalue weighted by molar-refractivity contribution is -0.121. The highest BCUT2D eigenvalue weighted by atomic mass is 16.5. The third-order valence-corrected chi connectivity index (χ3v) is 3.35. The average molecular weight is 372 g/mol. The predicted octanol–water partition coefficient (Wildman–Crippen LogP) is -1.73. The predicted molar refractivity (Wildman–Crippen MR) is 87.5 cm³/mol. The standard InChI is InChI=1S/C14H24N6O6/c1-6(21)11(7(2)22)18-14(24)17-9(4-10(16)23)13-19-12(20-26-13)8(15)5-25-3/h6,8-9,11,21H,4-5,15H2,1-3H3,(H2,16,23)(H2,17,18,24)/t6?,8-,9-,11-/m0/s1. The van der Waals surface area contributed by atoms with E-state index in [4.69, 9.17) is 20.7 Å². The summed E-state index contributed by atoms with van der Waals surface area (Å²) < 4.78 is 9.92. The van der Waals surface area contributed by atoms with Crippen molar-refractivity contribution in [3.05, 3.63) is 11.7 Å². The molecule has 1 aromatic heterocycles. The molecule has 0 radical (unpaired) electrons. The van der Waals surface area contributed by atoms with Crippen LogP contribution in [0.2, 0.25) is 0 Å². The lowest BCUT2D eigenvalue weighted by atomic mass is 10.1. The molecule has 26 heavy (non-hydrogen) atoms. The van der Waals surface area contributed by atoms with Crippen LogP contribution in [0.15, 0.2) is 4.52 Å². The van der Waals surface area contributed by atoms with Crippen molar-refractivity contribution in [2.75, 3.05) is 13.7 Å². The summed E-state index contributed by atoms with van der Waals surface area (Å²) in [5, 5.41) is 17.9. The quantitative estimate of drug-likeness (QED) is 0.317. The summed E-state index contributed by atoms with van der Waals surface area (Å²) in [6, 6.07) is -3.63. The molecular weight excluding hydrogens is 348 g/mol. The van der Waals surface area contributed by atoms with Gasteiger partial charge in [0.25, 0.3) is 0 Å². The molecule has 146 valence electrons. The summed E-state index contributed by atoms with van der Waals surface area (Å²) in [5.74, 6) is -1.12. The Balaban J connectivity index is 2.89. The summed E-state index contributed by atoms with van der Waals surface area (Å²) in [4.78, 5) is 38.9. The number of urea groups is 1. The summed E-state index contributed by atoms with van der Waals surface area (Å²) in [6.07, 6.45) is -1.43. The maximum atomic E-state index is 12.1. The second-order valence-electron chi connectivity index (χ2n) is 5.72. The van der Waals surface area contributed by atoms with Crippen molar-refractivity contribution in [3.63, 3.8) is 0 Å². The van der Waals surface area contributed by atoms with Crippen LogP contribution < -0.4 is 22.1 Å². The molecule has 0 aliphatic heterocycles. The van der Waals surface area contributed by atoms with Crippen LogP contribution in [-0.2, 0) is 14.3 Å². The van der Waals surface area contributed by atoms with Crippen LogP contribution in [0.1, 0.15) is 44.1 Å². The van der Waals surface area contributed by atoms with Crippen molar-refractivity contribution in [1.82, 2.24) is 20.8 Å². The van der Waals surface area contributed by atoms with Crippen LogP contribution >= 0.6 is 0 Å². The van der Waals surface area contributed by atoms with Gasteiger partial charge in [0.15, 0.2) is 11.6 Å². The number of nitrogens with two attached hydrogens (primary N) is 2. The van der Waals surface area contributed by atoms with E-state index in [1.807, 2.05) is 0 Å². The Hall–Kier alpha value is -2.57. The Morgan fingerprint density at radius 3 is 2.50 bits per heavy atom. The molecule has 1 aromatic rings. The molecular formula is C14H24N6O6. The van der Waals surface area contributed by atoms with E-state index in [9.17, 15) is 19.5 Å². The topological polar surface area (TPSA) is 196 Å². The number of aromatic nitrogens is 2.